The lowest BCUT2D eigenvalue weighted by Gasteiger charge is -2.53. The third-order valence-electron chi connectivity index (χ3n) is 7.32. The highest BCUT2D eigenvalue weighted by molar-refractivity contribution is 5.38. The standard InChI is InChI=1S/C19H25N2O/c1-18-9-7-15-14-6-4-13(21-20)11-12(14)3-5-16(15)17(18)8-10-19(18,2)22/h3-6,11,13-17,22H,7-10H2,1-2H3/t13?,14?,15?,16?,17?,18-,19-/m0/s1. The molecule has 7 atom stereocenters. The molecule has 0 saturated heterocycles. The number of hydrogen-bond acceptors (Lipinski definition) is 2. The molecule has 0 bridgehead atoms. The highest BCUT2D eigenvalue weighted by Crippen LogP contribution is 2.63. The highest BCUT2D eigenvalue weighted by atomic mass is 16.3. The van der Waals surface area contributed by atoms with Crippen molar-refractivity contribution >= 4 is 0 Å². The Labute approximate surface area is 132 Å². The second-order valence-corrected chi connectivity index (χ2v) is 8.16. The van der Waals surface area contributed by atoms with Gasteiger partial charge in [-0.05, 0) is 66.9 Å². The number of aliphatic hydroxyl groups is 1. The van der Waals surface area contributed by atoms with E-state index in [9.17, 15) is 5.11 Å². The molecule has 2 saturated carbocycles. The first-order chi connectivity index (χ1) is 10.5. The van der Waals surface area contributed by atoms with E-state index in [-0.39, 0.29) is 11.5 Å². The molecule has 1 radical (unpaired) electrons. The first-order valence-corrected chi connectivity index (χ1v) is 8.61. The Hall–Kier alpha value is -1.22. The topological polar surface area (TPSA) is 54.9 Å². The van der Waals surface area contributed by atoms with Crippen LogP contribution in [-0.4, -0.2) is 16.7 Å². The lowest BCUT2D eigenvalue weighted by Crippen LogP contribution is -2.50. The zero-order chi connectivity index (χ0) is 15.5. The van der Waals surface area contributed by atoms with Gasteiger partial charge in [0, 0.05) is 5.92 Å². The molecule has 3 nitrogen and oxygen atoms in total. The van der Waals surface area contributed by atoms with Gasteiger partial charge in [0.25, 0.3) is 0 Å². The quantitative estimate of drug-likeness (QED) is 0.584. The second kappa shape index (κ2) is 4.64. The number of fused-ring (bicyclic) bond motifs is 5. The van der Waals surface area contributed by atoms with Gasteiger partial charge in [0.1, 0.15) is 6.04 Å². The van der Waals surface area contributed by atoms with Crippen molar-refractivity contribution in [2.75, 3.05) is 0 Å². The van der Waals surface area contributed by atoms with Crippen LogP contribution in [0, 0.1) is 29.1 Å². The molecule has 1 N–H and O–H groups in total. The number of hydrogen-bond donors (Lipinski definition) is 1. The molecule has 22 heavy (non-hydrogen) atoms. The van der Waals surface area contributed by atoms with E-state index in [4.69, 9.17) is 5.53 Å². The Balaban J connectivity index is 1.69. The molecule has 0 aromatic heterocycles. The summed E-state index contributed by atoms with van der Waals surface area (Å²) in [6.45, 7) is 4.34. The summed E-state index contributed by atoms with van der Waals surface area (Å²) in [5.41, 5.74) is 9.85. The van der Waals surface area contributed by atoms with Crippen LogP contribution in [0.5, 0.6) is 0 Å². The molecule has 0 amide bonds. The first kappa shape index (κ1) is 14.4. The Morgan fingerprint density at radius 1 is 1.18 bits per heavy atom. The normalized spacial score (nSPS) is 52.5. The number of rotatable bonds is 1. The van der Waals surface area contributed by atoms with Crippen LogP contribution in [0.15, 0.2) is 41.1 Å². The molecule has 0 aromatic carbocycles. The third kappa shape index (κ3) is 1.78. The minimum Gasteiger partial charge on any atom is -0.390 e. The molecule has 4 aliphatic carbocycles. The van der Waals surface area contributed by atoms with Crippen LogP contribution in [0.25, 0.3) is 0 Å². The van der Waals surface area contributed by atoms with Crippen molar-refractivity contribution in [1.29, 1.82) is 0 Å². The SMILES string of the molecule is C[C@]1(O)CCC2C3C=CC4=CC(N=[N])C=CC4C3CC[C@@]21C. The number of nitrogens with zero attached hydrogens (tertiary/aromatic N) is 2. The summed E-state index contributed by atoms with van der Waals surface area (Å²) in [5.74, 6) is 2.26. The van der Waals surface area contributed by atoms with Crippen LogP contribution >= 0.6 is 0 Å². The third-order valence-corrected chi connectivity index (χ3v) is 7.32. The van der Waals surface area contributed by atoms with Crippen molar-refractivity contribution in [3.05, 3.63) is 36.0 Å². The van der Waals surface area contributed by atoms with E-state index < -0.39 is 5.60 Å². The molecule has 0 aromatic rings. The van der Waals surface area contributed by atoms with Crippen LogP contribution in [0.1, 0.15) is 39.5 Å². The molecule has 4 aliphatic rings. The summed E-state index contributed by atoms with van der Waals surface area (Å²) < 4.78 is 0. The lowest BCUT2D eigenvalue weighted by molar-refractivity contribution is -0.0922. The maximum absolute atomic E-state index is 10.8. The first-order valence-electron chi connectivity index (χ1n) is 8.61. The van der Waals surface area contributed by atoms with Gasteiger partial charge in [0.2, 0.25) is 0 Å². The van der Waals surface area contributed by atoms with E-state index in [2.05, 4.69) is 36.3 Å². The molecule has 2 fully saturated rings. The van der Waals surface area contributed by atoms with Crippen molar-refractivity contribution in [1.82, 2.24) is 5.53 Å². The van der Waals surface area contributed by atoms with Crippen LogP contribution in [0.2, 0.25) is 0 Å². The average Bonchev–Trinajstić information content (AvgIpc) is 2.76. The van der Waals surface area contributed by atoms with Crippen LogP contribution in [-0.2, 0) is 0 Å². The smallest absolute Gasteiger partial charge is 0.110 e. The summed E-state index contributed by atoms with van der Waals surface area (Å²) in [7, 11) is 0. The van der Waals surface area contributed by atoms with Gasteiger partial charge in [-0.3, -0.25) is 0 Å². The molecule has 3 heteroatoms. The predicted molar refractivity (Wildman–Crippen MR) is 85.9 cm³/mol. The van der Waals surface area contributed by atoms with Crippen molar-refractivity contribution in [2.24, 2.45) is 34.2 Å². The highest BCUT2D eigenvalue weighted by Gasteiger charge is 2.59. The van der Waals surface area contributed by atoms with Gasteiger partial charge in [-0.2, -0.15) is 5.11 Å². The van der Waals surface area contributed by atoms with Gasteiger partial charge in [-0.25, -0.2) is 0 Å². The molecule has 5 unspecified atom stereocenters. The van der Waals surface area contributed by atoms with Gasteiger partial charge in [0.15, 0.2) is 0 Å². The van der Waals surface area contributed by atoms with E-state index in [0.717, 1.165) is 19.3 Å². The molecular weight excluding hydrogens is 272 g/mol. The Kier molecular flexibility index (Phi) is 3.03. The lowest BCUT2D eigenvalue weighted by atomic mass is 9.53. The summed E-state index contributed by atoms with van der Waals surface area (Å²) >= 11 is 0. The molecule has 0 spiro atoms. The fraction of sp³-hybridized carbons (Fsp3) is 0.684. The maximum atomic E-state index is 10.8. The molecular formula is C19H25N2O. The summed E-state index contributed by atoms with van der Waals surface area (Å²) in [6.07, 6.45) is 15.3. The van der Waals surface area contributed by atoms with Crippen molar-refractivity contribution in [3.8, 4) is 0 Å². The zero-order valence-corrected chi connectivity index (χ0v) is 13.4. The minimum absolute atomic E-state index is 0.0566. The molecule has 117 valence electrons. The largest absolute Gasteiger partial charge is 0.390 e. The van der Waals surface area contributed by atoms with Crippen molar-refractivity contribution in [3.63, 3.8) is 0 Å². The van der Waals surface area contributed by atoms with Crippen molar-refractivity contribution in [2.45, 2.75) is 51.2 Å². The summed E-state index contributed by atoms with van der Waals surface area (Å²) in [5, 5.41) is 14.2. The van der Waals surface area contributed by atoms with E-state index in [1.54, 1.807) is 0 Å². The van der Waals surface area contributed by atoms with E-state index in [1.165, 1.54) is 12.0 Å². The Bertz CT molecular complexity index is 588. The number of allylic oxidation sites excluding steroid dienone is 4. The molecule has 0 heterocycles. The second-order valence-electron chi connectivity index (χ2n) is 8.16. The van der Waals surface area contributed by atoms with Crippen molar-refractivity contribution < 1.29 is 5.11 Å². The maximum Gasteiger partial charge on any atom is 0.110 e. The van der Waals surface area contributed by atoms with E-state index in [0.29, 0.717) is 23.7 Å². The van der Waals surface area contributed by atoms with E-state index in [1.807, 2.05) is 13.0 Å². The van der Waals surface area contributed by atoms with Gasteiger partial charge < -0.3 is 5.11 Å². The summed E-state index contributed by atoms with van der Waals surface area (Å²) in [4.78, 5) is 0. The van der Waals surface area contributed by atoms with Gasteiger partial charge in [0.05, 0.1) is 5.60 Å². The Morgan fingerprint density at radius 2 is 2.00 bits per heavy atom. The monoisotopic (exact) mass is 297 g/mol. The zero-order valence-electron chi connectivity index (χ0n) is 13.4. The Morgan fingerprint density at radius 3 is 2.77 bits per heavy atom. The van der Waals surface area contributed by atoms with E-state index >= 15 is 0 Å². The van der Waals surface area contributed by atoms with Crippen LogP contribution in [0.4, 0.5) is 0 Å². The predicted octanol–water partition coefficient (Wildman–Crippen LogP) is 3.48. The van der Waals surface area contributed by atoms with Gasteiger partial charge >= 0.3 is 0 Å². The molecule has 4 rings (SSSR count). The van der Waals surface area contributed by atoms with Crippen LogP contribution < -0.4 is 5.53 Å². The van der Waals surface area contributed by atoms with Crippen LogP contribution in [0.3, 0.4) is 0 Å². The molecule has 0 aliphatic heterocycles. The summed E-state index contributed by atoms with van der Waals surface area (Å²) in [6, 6.07) is -0.187. The minimum atomic E-state index is -0.518. The van der Waals surface area contributed by atoms with Gasteiger partial charge in [-0.15, -0.1) is 0 Å². The average molecular weight is 297 g/mol. The fourth-order valence-electron chi connectivity index (χ4n) is 5.72. The fourth-order valence-corrected chi connectivity index (χ4v) is 5.72. The van der Waals surface area contributed by atoms with Gasteiger partial charge in [-0.1, -0.05) is 37.3 Å².